The van der Waals surface area contributed by atoms with Crippen LogP contribution in [-0.4, -0.2) is 6.54 Å². The van der Waals surface area contributed by atoms with Crippen LogP contribution in [0.3, 0.4) is 0 Å². The van der Waals surface area contributed by atoms with Crippen molar-refractivity contribution in [1.29, 1.82) is 0 Å². The van der Waals surface area contributed by atoms with Gasteiger partial charge in [-0.3, -0.25) is 0 Å². The number of hydrogen-bond donors (Lipinski definition) is 1. The fourth-order valence-corrected chi connectivity index (χ4v) is 3.27. The van der Waals surface area contributed by atoms with Crippen LogP contribution in [0.2, 0.25) is 0 Å². The van der Waals surface area contributed by atoms with Gasteiger partial charge in [-0.15, -0.1) is 22.7 Å². The van der Waals surface area contributed by atoms with Crippen LogP contribution in [0.15, 0.2) is 35.0 Å². The molecular formula is C13H17NS2. The summed E-state index contributed by atoms with van der Waals surface area (Å²) in [6.45, 7) is 3.30. The van der Waals surface area contributed by atoms with Crippen LogP contribution in [0.4, 0.5) is 0 Å². The van der Waals surface area contributed by atoms with Crippen molar-refractivity contribution in [2.75, 3.05) is 6.54 Å². The maximum absolute atomic E-state index is 3.63. The van der Waals surface area contributed by atoms with Crippen molar-refractivity contribution in [3.63, 3.8) is 0 Å². The summed E-state index contributed by atoms with van der Waals surface area (Å²) in [6.07, 6.45) is 2.30. The average Bonchev–Trinajstić information content (AvgIpc) is 2.96. The quantitative estimate of drug-likeness (QED) is 0.815. The molecular weight excluding hydrogens is 234 g/mol. The van der Waals surface area contributed by atoms with Crippen molar-refractivity contribution in [1.82, 2.24) is 5.32 Å². The predicted octanol–water partition coefficient (Wildman–Crippen LogP) is 4.09. The summed E-state index contributed by atoms with van der Waals surface area (Å²) in [5.41, 5.74) is 0. The molecule has 0 aliphatic carbocycles. The van der Waals surface area contributed by atoms with E-state index >= 15 is 0 Å². The van der Waals surface area contributed by atoms with Gasteiger partial charge in [0.1, 0.15) is 0 Å². The molecule has 1 N–H and O–H groups in total. The molecule has 0 aromatic carbocycles. The van der Waals surface area contributed by atoms with E-state index in [-0.39, 0.29) is 0 Å². The Balaban J connectivity index is 2.03. The van der Waals surface area contributed by atoms with Crippen LogP contribution in [0.25, 0.3) is 0 Å². The van der Waals surface area contributed by atoms with Gasteiger partial charge in [0.25, 0.3) is 0 Å². The van der Waals surface area contributed by atoms with Crippen LogP contribution in [0.1, 0.15) is 29.1 Å². The molecule has 16 heavy (non-hydrogen) atoms. The summed E-state index contributed by atoms with van der Waals surface area (Å²) in [5.74, 6) is 0. The highest BCUT2D eigenvalue weighted by Gasteiger charge is 2.12. The van der Waals surface area contributed by atoms with Crippen molar-refractivity contribution < 1.29 is 0 Å². The van der Waals surface area contributed by atoms with Crippen molar-refractivity contribution in [3.05, 3.63) is 44.8 Å². The van der Waals surface area contributed by atoms with Gasteiger partial charge in [-0.1, -0.05) is 19.1 Å². The Morgan fingerprint density at radius 1 is 1.19 bits per heavy atom. The third-order valence-corrected chi connectivity index (χ3v) is 4.40. The summed E-state index contributed by atoms with van der Waals surface area (Å²) in [4.78, 5) is 2.91. The van der Waals surface area contributed by atoms with Crippen molar-refractivity contribution >= 4 is 22.7 Å². The van der Waals surface area contributed by atoms with Gasteiger partial charge >= 0.3 is 0 Å². The highest BCUT2D eigenvalue weighted by Crippen LogP contribution is 2.24. The summed E-state index contributed by atoms with van der Waals surface area (Å²) < 4.78 is 0. The Morgan fingerprint density at radius 2 is 2.00 bits per heavy atom. The van der Waals surface area contributed by atoms with Gasteiger partial charge in [0.15, 0.2) is 0 Å². The van der Waals surface area contributed by atoms with Gasteiger partial charge in [-0.05, 0) is 35.9 Å². The highest BCUT2D eigenvalue weighted by molar-refractivity contribution is 7.10. The zero-order chi connectivity index (χ0) is 11.2. The molecule has 0 saturated carbocycles. The Bertz CT molecular complexity index is 378. The minimum Gasteiger partial charge on any atom is -0.309 e. The molecule has 0 spiro atoms. The summed E-state index contributed by atoms with van der Waals surface area (Å²) in [5, 5.41) is 7.94. The van der Waals surface area contributed by atoms with E-state index < -0.39 is 0 Å². The molecule has 3 heteroatoms. The molecule has 0 aliphatic rings. The van der Waals surface area contributed by atoms with Crippen LogP contribution in [0.5, 0.6) is 0 Å². The summed E-state index contributed by atoms with van der Waals surface area (Å²) in [6, 6.07) is 9.20. The molecule has 1 nitrogen and oxygen atoms in total. The largest absolute Gasteiger partial charge is 0.309 e. The molecule has 1 unspecified atom stereocenters. The van der Waals surface area contributed by atoms with Gasteiger partial charge in [-0.25, -0.2) is 0 Å². The first-order chi connectivity index (χ1) is 7.90. The molecule has 2 aromatic rings. The minimum atomic E-state index is 0.485. The lowest BCUT2D eigenvalue weighted by atomic mass is 10.1. The molecule has 0 aliphatic heterocycles. The zero-order valence-corrected chi connectivity index (χ0v) is 11.1. The lowest BCUT2D eigenvalue weighted by Crippen LogP contribution is -2.22. The maximum atomic E-state index is 3.63. The molecule has 2 heterocycles. The molecule has 1 atom stereocenters. The third kappa shape index (κ3) is 3.17. The number of nitrogens with one attached hydrogen (secondary N) is 1. The van der Waals surface area contributed by atoms with Gasteiger partial charge < -0.3 is 5.32 Å². The third-order valence-electron chi connectivity index (χ3n) is 2.51. The SMILES string of the molecule is CCCNC(Cc1cccs1)c1cccs1. The first-order valence-corrected chi connectivity index (χ1v) is 7.45. The van der Waals surface area contributed by atoms with E-state index in [9.17, 15) is 0 Å². The van der Waals surface area contributed by atoms with E-state index in [4.69, 9.17) is 0 Å². The van der Waals surface area contributed by atoms with Crippen LogP contribution in [-0.2, 0) is 6.42 Å². The second-order valence-electron chi connectivity index (χ2n) is 3.81. The van der Waals surface area contributed by atoms with Gasteiger partial charge in [0.05, 0.1) is 0 Å². The van der Waals surface area contributed by atoms with Gasteiger partial charge in [0.2, 0.25) is 0 Å². The molecule has 2 rings (SSSR count). The topological polar surface area (TPSA) is 12.0 Å². The summed E-state index contributed by atoms with van der Waals surface area (Å²) in [7, 11) is 0. The average molecular weight is 251 g/mol. The predicted molar refractivity (Wildman–Crippen MR) is 73.4 cm³/mol. The van der Waals surface area contributed by atoms with Crippen LogP contribution < -0.4 is 5.32 Å². The molecule has 0 radical (unpaired) electrons. The van der Waals surface area contributed by atoms with E-state index in [0.717, 1.165) is 13.0 Å². The first-order valence-electron chi connectivity index (χ1n) is 5.69. The molecule has 0 fully saturated rings. The zero-order valence-electron chi connectivity index (χ0n) is 9.48. The lowest BCUT2D eigenvalue weighted by molar-refractivity contribution is 0.539. The van der Waals surface area contributed by atoms with Crippen molar-refractivity contribution in [2.24, 2.45) is 0 Å². The molecule has 0 bridgehead atoms. The van der Waals surface area contributed by atoms with E-state index in [1.54, 1.807) is 0 Å². The van der Waals surface area contributed by atoms with Crippen molar-refractivity contribution in [2.45, 2.75) is 25.8 Å². The lowest BCUT2D eigenvalue weighted by Gasteiger charge is -2.16. The van der Waals surface area contributed by atoms with Gasteiger partial charge in [0, 0.05) is 22.2 Å². The first kappa shape index (κ1) is 11.8. The van der Waals surface area contributed by atoms with E-state index in [2.05, 4.69) is 47.3 Å². The van der Waals surface area contributed by atoms with E-state index in [1.165, 1.54) is 16.2 Å². The van der Waals surface area contributed by atoms with Gasteiger partial charge in [-0.2, -0.15) is 0 Å². The molecule has 2 aromatic heterocycles. The molecule has 0 amide bonds. The monoisotopic (exact) mass is 251 g/mol. The standard InChI is InChI=1S/C13H17NS2/c1-2-7-14-12(13-6-4-9-16-13)10-11-5-3-8-15-11/h3-6,8-9,12,14H,2,7,10H2,1H3. The summed E-state index contributed by atoms with van der Waals surface area (Å²) >= 11 is 3.69. The Hall–Kier alpha value is -0.640. The van der Waals surface area contributed by atoms with Crippen LogP contribution in [0, 0.1) is 0 Å². The van der Waals surface area contributed by atoms with Crippen LogP contribution >= 0.6 is 22.7 Å². The van der Waals surface area contributed by atoms with E-state index in [1.807, 2.05) is 22.7 Å². The highest BCUT2D eigenvalue weighted by atomic mass is 32.1. The Kier molecular flexibility index (Phi) is 4.57. The minimum absolute atomic E-state index is 0.485. The Morgan fingerprint density at radius 3 is 2.62 bits per heavy atom. The fourth-order valence-electron chi connectivity index (χ4n) is 1.71. The second kappa shape index (κ2) is 6.18. The second-order valence-corrected chi connectivity index (χ2v) is 5.82. The fraction of sp³-hybridized carbons (Fsp3) is 0.385. The maximum Gasteiger partial charge on any atom is 0.0463 e. The smallest absolute Gasteiger partial charge is 0.0463 e. The Labute approximate surface area is 105 Å². The molecule has 0 saturated heterocycles. The number of hydrogen-bond acceptors (Lipinski definition) is 3. The molecule has 86 valence electrons. The van der Waals surface area contributed by atoms with Crippen molar-refractivity contribution in [3.8, 4) is 0 Å². The number of thiophene rings is 2. The number of rotatable bonds is 6. The van der Waals surface area contributed by atoms with E-state index in [0.29, 0.717) is 6.04 Å². The normalized spacial score (nSPS) is 12.8.